The molecule has 0 fully saturated rings. The molecule has 0 spiro atoms. The van der Waals surface area contributed by atoms with Crippen LogP contribution in [-0.2, 0) is 4.79 Å². The van der Waals surface area contributed by atoms with Crippen LogP contribution in [-0.4, -0.2) is 18.7 Å². The van der Waals surface area contributed by atoms with Crippen LogP contribution in [0.2, 0.25) is 5.02 Å². The van der Waals surface area contributed by atoms with E-state index in [2.05, 4.69) is 5.32 Å². The van der Waals surface area contributed by atoms with Gasteiger partial charge in [0.1, 0.15) is 0 Å². The highest BCUT2D eigenvalue weighted by molar-refractivity contribution is 6.52. The number of anilines is 3. The lowest BCUT2D eigenvalue weighted by Crippen LogP contribution is -2.12. The van der Waals surface area contributed by atoms with Crippen LogP contribution in [0.5, 0.6) is 0 Å². The van der Waals surface area contributed by atoms with Crippen LogP contribution < -0.4 is 10.2 Å². The molecule has 3 rings (SSSR count). The van der Waals surface area contributed by atoms with E-state index < -0.39 is 11.7 Å². The van der Waals surface area contributed by atoms with Crippen LogP contribution in [0.4, 0.5) is 17.1 Å². The molecule has 0 saturated carbocycles. The Hall–Kier alpha value is -2.33. The Morgan fingerprint density at radius 1 is 1.10 bits per heavy atom. The van der Waals surface area contributed by atoms with Gasteiger partial charge in [0.05, 0.1) is 22.0 Å². The number of Topliss-reactive ketones (excluding diaryl/α,β-unsaturated/α-hetero) is 1. The molecule has 1 aliphatic rings. The van der Waals surface area contributed by atoms with E-state index in [0.29, 0.717) is 16.3 Å². The second kappa shape index (κ2) is 4.90. The average Bonchev–Trinajstić information content (AvgIpc) is 2.73. The van der Waals surface area contributed by atoms with Crippen molar-refractivity contribution in [1.82, 2.24) is 0 Å². The SMILES string of the molecule is Cc1ccccc1N(C)c1cc2c(cc1Cl)C(=O)C(=O)N2. The Labute approximate surface area is 127 Å². The number of hydrogen-bond acceptors (Lipinski definition) is 3. The fourth-order valence-corrected chi connectivity index (χ4v) is 2.77. The number of hydrogen-bond donors (Lipinski definition) is 1. The fourth-order valence-electron chi connectivity index (χ4n) is 2.48. The Morgan fingerprint density at radius 2 is 1.81 bits per heavy atom. The number of nitrogens with zero attached hydrogens (tertiary/aromatic N) is 1. The lowest BCUT2D eigenvalue weighted by atomic mass is 10.1. The number of benzene rings is 2. The van der Waals surface area contributed by atoms with E-state index in [1.54, 1.807) is 12.1 Å². The van der Waals surface area contributed by atoms with Gasteiger partial charge in [-0.2, -0.15) is 0 Å². The van der Waals surface area contributed by atoms with Gasteiger partial charge in [0.15, 0.2) is 0 Å². The first-order valence-corrected chi connectivity index (χ1v) is 6.85. The fraction of sp³-hybridized carbons (Fsp3) is 0.125. The van der Waals surface area contributed by atoms with Gasteiger partial charge in [-0.1, -0.05) is 29.8 Å². The van der Waals surface area contributed by atoms with Gasteiger partial charge < -0.3 is 10.2 Å². The maximum absolute atomic E-state index is 11.7. The number of fused-ring (bicyclic) bond motifs is 1. The molecule has 2 aromatic carbocycles. The molecule has 0 aliphatic carbocycles. The van der Waals surface area contributed by atoms with E-state index in [1.165, 1.54) is 0 Å². The molecule has 5 heteroatoms. The maximum atomic E-state index is 11.7. The van der Waals surface area contributed by atoms with Gasteiger partial charge in [0, 0.05) is 12.7 Å². The molecular formula is C16H13ClN2O2. The topological polar surface area (TPSA) is 49.4 Å². The lowest BCUT2D eigenvalue weighted by molar-refractivity contribution is -0.112. The first-order valence-electron chi connectivity index (χ1n) is 6.47. The normalized spacial score (nSPS) is 13.1. The first kappa shape index (κ1) is 13.6. The standard InChI is InChI=1S/C16H13ClN2O2/c1-9-5-3-4-6-13(9)19(2)14-8-12-10(7-11(14)17)15(20)16(21)18-12/h3-8H,1-2H3,(H,18,20,21). The largest absolute Gasteiger partial charge is 0.343 e. The molecule has 1 N–H and O–H groups in total. The van der Waals surface area contributed by atoms with Crippen LogP contribution in [0.1, 0.15) is 15.9 Å². The van der Waals surface area contributed by atoms with Gasteiger partial charge in [-0.25, -0.2) is 0 Å². The minimum atomic E-state index is -0.614. The monoisotopic (exact) mass is 300 g/mol. The van der Waals surface area contributed by atoms with Gasteiger partial charge in [-0.3, -0.25) is 9.59 Å². The summed E-state index contributed by atoms with van der Waals surface area (Å²) >= 11 is 6.29. The summed E-state index contributed by atoms with van der Waals surface area (Å²) in [5.41, 5.74) is 3.68. The van der Waals surface area contributed by atoms with E-state index in [-0.39, 0.29) is 0 Å². The molecule has 0 radical (unpaired) electrons. The van der Waals surface area contributed by atoms with Crippen molar-refractivity contribution < 1.29 is 9.59 Å². The van der Waals surface area contributed by atoms with E-state index in [9.17, 15) is 9.59 Å². The van der Waals surface area contributed by atoms with Gasteiger partial charge in [-0.15, -0.1) is 0 Å². The summed E-state index contributed by atoms with van der Waals surface area (Å²) in [6, 6.07) is 11.2. The lowest BCUT2D eigenvalue weighted by Gasteiger charge is -2.23. The smallest absolute Gasteiger partial charge is 0.296 e. The van der Waals surface area contributed by atoms with Gasteiger partial charge >= 0.3 is 0 Å². The second-order valence-corrected chi connectivity index (χ2v) is 5.39. The number of ketones is 1. The van der Waals surface area contributed by atoms with Crippen molar-refractivity contribution in [1.29, 1.82) is 0 Å². The predicted octanol–water partition coefficient (Wildman–Crippen LogP) is 3.55. The van der Waals surface area contributed by atoms with E-state index in [1.807, 2.05) is 43.1 Å². The van der Waals surface area contributed by atoms with Crippen molar-refractivity contribution >= 4 is 40.4 Å². The molecule has 0 saturated heterocycles. The number of aryl methyl sites for hydroxylation is 1. The Kier molecular flexibility index (Phi) is 3.18. The molecular weight excluding hydrogens is 288 g/mol. The average molecular weight is 301 g/mol. The van der Waals surface area contributed by atoms with E-state index >= 15 is 0 Å². The molecule has 0 aromatic heterocycles. The van der Waals surface area contributed by atoms with Gasteiger partial charge in [-0.05, 0) is 30.7 Å². The highest BCUT2D eigenvalue weighted by Gasteiger charge is 2.29. The molecule has 0 bridgehead atoms. The van der Waals surface area contributed by atoms with Crippen LogP contribution >= 0.6 is 11.6 Å². The number of para-hydroxylation sites is 1. The van der Waals surface area contributed by atoms with Gasteiger partial charge in [0.2, 0.25) is 0 Å². The van der Waals surface area contributed by atoms with Crippen molar-refractivity contribution in [3.63, 3.8) is 0 Å². The highest BCUT2D eigenvalue weighted by Crippen LogP contribution is 2.38. The number of rotatable bonds is 2. The highest BCUT2D eigenvalue weighted by atomic mass is 35.5. The molecule has 0 unspecified atom stereocenters. The quantitative estimate of drug-likeness (QED) is 0.863. The summed E-state index contributed by atoms with van der Waals surface area (Å²) in [6.07, 6.45) is 0. The second-order valence-electron chi connectivity index (χ2n) is 4.98. The Morgan fingerprint density at radius 3 is 2.52 bits per heavy atom. The van der Waals surface area contributed by atoms with Crippen LogP contribution in [0.3, 0.4) is 0 Å². The molecule has 21 heavy (non-hydrogen) atoms. The molecule has 0 atom stereocenters. The zero-order valence-electron chi connectivity index (χ0n) is 11.6. The van der Waals surface area contributed by atoms with E-state index in [0.717, 1.165) is 16.9 Å². The number of nitrogens with one attached hydrogen (secondary N) is 1. The number of halogens is 1. The first-order chi connectivity index (χ1) is 9.99. The van der Waals surface area contributed by atoms with Crippen LogP contribution in [0.15, 0.2) is 36.4 Å². The number of carbonyl (C=O) groups excluding carboxylic acids is 2. The number of amides is 1. The van der Waals surface area contributed by atoms with Crippen LogP contribution in [0, 0.1) is 6.92 Å². The minimum absolute atomic E-state index is 0.326. The summed E-state index contributed by atoms with van der Waals surface area (Å²) in [5, 5.41) is 3.00. The molecule has 4 nitrogen and oxygen atoms in total. The third-order valence-electron chi connectivity index (χ3n) is 3.62. The summed E-state index contributed by atoms with van der Waals surface area (Å²) in [7, 11) is 1.90. The van der Waals surface area contributed by atoms with Crippen molar-refractivity contribution in [2.75, 3.05) is 17.3 Å². The molecule has 1 aliphatic heterocycles. The predicted molar refractivity (Wildman–Crippen MR) is 83.7 cm³/mol. The minimum Gasteiger partial charge on any atom is -0.343 e. The zero-order valence-corrected chi connectivity index (χ0v) is 12.4. The number of carbonyl (C=O) groups is 2. The Bertz CT molecular complexity index is 771. The molecule has 1 heterocycles. The third kappa shape index (κ3) is 2.17. The third-order valence-corrected chi connectivity index (χ3v) is 3.93. The van der Waals surface area contributed by atoms with Crippen molar-refractivity contribution in [3.8, 4) is 0 Å². The van der Waals surface area contributed by atoms with Crippen molar-refractivity contribution in [2.45, 2.75) is 6.92 Å². The zero-order chi connectivity index (χ0) is 15.1. The molecule has 1 amide bonds. The van der Waals surface area contributed by atoms with Crippen LogP contribution in [0.25, 0.3) is 0 Å². The Balaban J connectivity index is 2.09. The van der Waals surface area contributed by atoms with E-state index in [4.69, 9.17) is 11.6 Å². The molecule has 106 valence electrons. The summed E-state index contributed by atoms with van der Waals surface area (Å²) in [5.74, 6) is -1.16. The summed E-state index contributed by atoms with van der Waals surface area (Å²) < 4.78 is 0. The summed E-state index contributed by atoms with van der Waals surface area (Å²) in [4.78, 5) is 25.0. The molecule has 2 aromatic rings. The summed E-state index contributed by atoms with van der Waals surface area (Å²) in [6.45, 7) is 2.01. The maximum Gasteiger partial charge on any atom is 0.296 e. The van der Waals surface area contributed by atoms with Crippen molar-refractivity contribution in [2.24, 2.45) is 0 Å². The van der Waals surface area contributed by atoms with Gasteiger partial charge in [0.25, 0.3) is 11.7 Å². The van der Waals surface area contributed by atoms with Crippen molar-refractivity contribution in [3.05, 3.63) is 52.5 Å².